The molecule has 0 aliphatic heterocycles. The van der Waals surface area contributed by atoms with Gasteiger partial charge in [0.15, 0.2) is 0 Å². The molecule has 1 atom stereocenters. The number of hydrogen-bond acceptors (Lipinski definition) is 2. The highest BCUT2D eigenvalue weighted by Crippen LogP contribution is 2.43. The molecule has 1 fully saturated rings. The highest BCUT2D eigenvalue weighted by molar-refractivity contribution is 6.20. The number of rotatable bonds is 2. The lowest BCUT2D eigenvalue weighted by atomic mass is 10.2. The summed E-state index contributed by atoms with van der Waals surface area (Å²) in [5.74, 6) is 0.681. The molecule has 0 saturated heterocycles. The molecule has 1 aliphatic carbocycles. The SMILES string of the molecule is CC(Cl)c1nc2ccccc2c(=O)n1C1(C)CC1. The molecule has 18 heavy (non-hydrogen) atoms. The minimum absolute atomic E-state index is 0.0306. The molecular weight excluding hydrogens is 248 g/mol. The summed E-state index contributed by atoms with van der Waals surface area (Å²) in [6.07, 6.45) is 2.03. The maximum absolute atomic E-state index is 12.6. The van der Waals surface area contributed by atoms with Gasteiger partial charge < -0.3 is 0 Å². The molecule has 1 heterocycles. The summed E-state index contributed by atoms with van der Waals surface area (Å²) in [6.45, 7) is 3.95. The highest BCUT2D eigenvalue weighted by atomic mass is 35.5. The lowest BCUT2D eigenvalue weighted by Crippen LogP contribution is -2.32. The number of fused-ring (bicyclic) bond motifs is 1. The standard InChI is InChI=1S/C14H15ClN2O/c1-9(15)12-16-11-6-4-3-5-10(11)13(18)17(12)14(2)7-8-14/h3-6,9H,7-8H2,1-2H3. The number of para-hydroxylation sites is 1. The molecule has 0 amide bonds. The summed E-state index contributed by atoms with van der Waals surface area (Å²) < 4.78 is 1.80. The van der Waals surface area contributed by atoms with Crippen LogP contribution in [0, 0.1) is 0 Å². The van der Waals surface area contributed by atoms with Crippen LogP contribution in [-0.2, 0) is 5.54 Å². The lowest BCUT2D eigenvalue weighted by Gasteiger charge is -2.20. The second-order valence-electron chi connectivity index (χ2n) is 5.24. The molecule has 0 radical (unpaired) electrons. The average Bonchev–Trinajstić information content (AvgIpc) is 3.07. The number of hydrogen-bond donors (Lipinski definition) is 0. The summed E-state index contributed by atoms with van der Waals surface area (Å²) in [6, 6.07) is 7.45. The van der Waals surface area contributed by atoms with E-state index in [0.717, 1.165) is 18.4 Å². The minimum atomic E-state index is -0.264. The van der Waals surface area contributed by atoms with Gasteiger partial charge in [-0.3, -0.25) is 9.36 Å². The number of alkyl halides is 1. The Kier molecular flexibility index (Phi) is 2.49. The monoisotopic (exact) mass is 262 g/mol. The van der Waals surface area contributed by atoms with Gasteiger partial charge in [-0.1, -0.05) is 12.1 Å². The molecule has 1 aromatic carbocycles. The predicted octanol–water partition coefficient (Wildman–Crippen LogP) is 3.21. The summed E-state index contributed by atoms with van der Waals surface area (Å²) in [4.78, 5) is 17.2. The zero-order valence-electron chi connectivity index (χ0n) is 10.5. The molecule has 1 aliphatic rings. The van der Waals surface area contributed by atoms with Crippen LogP contribution in [0.5, 0.6) is 0 Å². The van der Waals surface area contributed by atoms with Crippen LogP contribution >= 0.6 is 11.6 Å². The molecule has 0 spiro atoms. The van der Waals surface area contributed by atoms with E-state index in [1.54, 1.807) is 4.57 Å². The maximum atomic E-state index is 12.6. The van der Waals surface area contributed by atoms with Crippen molar-refractivity contribution in [2.45, 2.75) is 37.6 Å². The first kappa shape index (κ1) is 11.7. The van der Waals surface area contributed by atoms with Gasteiger partial charge in [-0.15, -0.1) is 11.6 Å². The number of aromatic nitrogens is 2. The van der Waals surface area contributed by atoms with Gasteiger partial charge in [0, 0.05) is 5.54 Å². The molecular formula is C14H15ClN2O. The van der Waals surface area contributed by atoms with Crippen molar-refractivity contribution in [2.24, 2.45) is 0 Å². The quantitative estimate of drug-likeness (QED) is 0.779. The molecule has 1 saturated carbocycles. The Balaban J connectivity index is 2.41. The lowest BCUT2D eigenvalue weighted by molar-refractivity contribution is 0.483. The van der Waals surface area contributed by atoms with Crippen molar-refractivity contribution in [3.63, 3.8) is 0 Å². The Morgan fingerprint density at radius 1 is 1.39 bits per heavy atom. The molecule has 0 bridgehead atoms. The van der Waals surface area contributed by atoms with Gasteiger partial charge in [-0.05, 0) is 38.8 Å². The van der Waals surface area contributed by atoms with Gasteiger partial charge in [-0.25, -0.2) is 4.98 Å². The van der Waals surface area contributed by atoms with Crippen molar-refractivity contribution in [3.05, 3.63) is 40.4 Å². The van der Waals surface area contributed by atoms with Gasteiger partial charge in [0.1, 0.15) is 5.82 Å². The first-order chi connectivity index (χ1) is 8.53. The Morgan fingerprint density at radius 3 is 2.67 bits per heavy atom. The second kappa shape index (κ2) is 3.82. The van der Waals surface area contributed by atoms with E-state index in [9.17, 15) is 4.79 Å². The zero-order chi connectivity index (χ0) is 12.9. The van der Waals surface area contributed by atoms with Crippen LogP contribution in [0.25, 0.3) is 10.9 Å². The first-order valence-electron chi connectivity index (χ1n) is 6.19. The van der Waals surface area contributed by atoms with Crippen LogP contribution in [0.4, 0.5) is 0 Å². The number of halogens is 1. The van der Waals surface area contributed by atoms with Crippen LogP contribution in [0.15, 0.2) is 29.1 Å². The molecule has 2 aromatic rings. The van der Waals surface area contributed by atoms with Crippen molar-refractivity contribution in [1.82, 2.24) is 9.55 Å². The summed E-state index contributed by atoms with van der Waals surface area (Å²) >= 11 is 6.19. The summed E-state index contributed by atoms with van der Waals surface area (Å²) in [7, 11) is 0. The van der Waals surface area contributed by atoms with Crippen LogP contribution in [0.3, 0.4) is 0 Å². The zero-order valence-corrected chi connectivity index (χ0v) is 11.2. The van der Waals surface area contributed by atoms with Crippen molar-refractivity contribution in [3.8, 4) is 0 Å². The molecule has 0 N–H and O–H groups in total. The van der Waals surface area contributed by atoms with Gasteiger partial charge in [0.05, 0.1) is 16.3 Å². The Hall–Kier alpha value is -1.35. The fraction of sp³-hybridized carbons (Fsp3) is 0.429. The average molecular weight is 263 g/mol. The van der Waals surface area contributed by atoms with E-state index in [1.165, 1.54) is 0 Å². The van der Waals surface area contributed by atoms with Gasteiger partial charge >= 0.3 is 0 Å². The number of nitrogens with zero attached hydrogens (tertiary/aromatic N) is 2. The third-order valence-electron chi connectivity index (χ3n) is 3.67. The molecule has 4 heteroatoms. The minimum Gasteiger partial charge on any atom is -0.289 e. The first-order valence-corrected chi connectivity index (χ1v) is 6.63. The summed E-state index contributed by atoms with van der Waals surface area (Å²) in [5.41, 5.74) is 0.667. The second-order valence-corrected chi connectivity index (χ2v) is 5.90. The van der Waals surface area contributed by atoms with Crippen LogP contribution in [0.1, 0.15) is 37.9 Å². The molecule has 3 rings (SSSR count). The number of benzene rings is 1. The van der Waals surface area contributed by atoms with E-state index in [4.69, 9.17) is 11.6 Å². The molecule has 94 valence electrons. The van der Waals surface area contributed by atoms with E-state index in [0.29, 0.717) is 11.2 Å². The maximum Gasteiger partial charge on any atom is 0.261 e. The van der Waals surface area contributed by atoms with Gasteiger partial charge in [0.25, 0.3) is 5.56 Å². The van der Waals surface area contributed by atoms with Gasteiger partial charge in [0.2, 0.25) is 0 Å². The fourth-order valence-corrected chi connectivity index (χ4v) is 2.49. The van der Waals surface area contributed by atoms with Crippen LogP contribution in [0.2, 0.25) is 0 Å². The highest BCUT2D eigenvalue weighted by Gasteiger charge is 2.42. The Bertz CT molecular complexity index is 671. The van der Waals surface area contributed by atoms with Crippen molar-refractivity contribution >= 4 is 22.5 Å². The Labute approximate surface area is 110 Å². The van der Waals surface area contributed by atoms with Crippen molar-refractivity contribution in [2.75, 3.05) is 0 Å². The fourth-order valence-electron chi connectivity index (χ4n) is 2.34. The Morgan fingerprint density at radius 2 is 2.06 bits per heavy atom. The van der Waals surface area contributed by atoms with Crippen LogP contribution < -0.4 is 5.56 Å². The van der Waals surface area contributed by atoms with E-state index in [-0.39, 0.29) is 16.5 Å². The normalized spacial score (nSPS) is 18.8. The molecule has 3 nitrogen and oxygen atoms in total. The predicted molar refractivity (Wildman–Crippen MR) is 73.2 cm³/mol. The smallest absolute Gasteiger partial charge is 0.261 e. The van der Waals surface area contributed by atoms with Gasteiger partial charge in [-0.2, -0.15) is 0 Å². The third-order valence-corrected chi connectivity index (χ3v) is 3.87. The summed E-state index contributed by atoms with van der Waals surface area (Å²) in [5, 5.41) is 0.409. The topological polar surface area (TPSA) is 34.9 Å². The molecule has 1 aromatic heterocycles. The van der Waals surface area contributed by atoms with E-state index >= 15 is 0 Å². The largest absolute Gasteiger partial charge is 0.289 e. The van der Waals surface area contributed by atoms with Crippen molar-refractivity contribution < 1.29 is 0 Å². The van der Waals surface area contributed by atoms with Crippen molar-refractivity contribution in [1.29, 1.82) is 0 Å². The van der Waals surface area contributed by atoms with Crippen LogP contribution in [-0.4, -0.2) is 9.55 Å². The van der Waals surface area contributed by atoms with E-state index in [1.807, 2.05) is 31.2 Å². The third kappa shape index (κ3) is 1.65. The van der Waals surface area contributed by atoms with E-state index < -0.39 is 0 Å². The van der Waals surface area contributed by atoms with E-state index in [2.05, 4.69) is 11.9 Å². The molecule has 1 unspecified atom stereocenters.